The van der Waals surface area contributed by atoms with Crippen LogP contribution >= 0.6 is 24.2 Å². The van der Waals surface area contributed by atoms with Crippen LogP contribution in [0.4, 0.5) is 5.69 Å². The van der Waals surface area contributed by atoms with Crippen LogP contribution in [-0.2, 0) is 4.79 Å². The predicted octanol–water partition coefficient (Wildman–Crippen LogP) is 2.30. The molecule has 0 aromatic heterocycles. The number of likely N-dealkylation sites (N-methyl/N-ethyl adjacent to an activating group) is 1. The van der Waals surface area contributed by atoms with E-state index in [-0.39, 0.29) is 18.3 Å². The second kappa shape index (κ2) is 7.54. The summed E-state index contributed by atoms with van der Waals surface area (Å²) in [4.78, 5) is 12.6. The van der Waals surface area contributed by atoms with Gasteiger partial charge in [-0.1, -0.05) is 6.07 Å². The van der Waals surface area contributed by atoms with Crippen LogP contribution in [0.1, 0.15) is 5.56 Å². The molecule has 3 nitrogen and oxygen atoms in total. The van der Waals surface area contributed by atoms with E-state index in [1.165, 1.54) is 4.90 Å². The number of thioether (sulfide) groups is 1. The SMILES string of the molecule is CNCC(=O)Nc1cccc(SC)c1C.Cl. The van der Waals surface area contributed by atoms with Gasteiger partial charge in [-0.05, 0) is 37.9 Å². The molecule has 0 radical (unpaired) electrons. The average Bonchev–Trinajstić information content (AvgIpc) is 2.21. The molecule has 1 amide bonds. The summed E-state index contributed by atoms with van der Waals surface area (Å²) in [6.45, 7) is 2.35. The van der Waals surface area contributed by atoms with Crippen molar-refractivity contribution in [2.24, 2.45) is 0 Å². The van der Waals surface area contributed by atoms with Crippen molar-refractivity contribution >= 4 is 35.8 Å². The van der Waals surface area contributed by atoms with E-state index in [4.69, 9.17) is 0 Å². The van der Waals surface area contributed by atoms with Gasteiger partial charge in [0.15, 0.2) is 0 Å². The number of nitrogens with one attached hydrogen (secondary N) is 2. The Morgan fingerprint density at radius 3 is 2.69 bits per heavy atom. The maximum atomic E-state index is 11.4. The largest absolute Gasteiger partial charge is 0.325 e. The van der Waals surface area contributed by atoms with Crippen LogP contribution in [0.5, 0.6) is 0 Å². The number of hydrogen-bond donors (Lipinski definition) is 2. The van der Waals surface area contributed by atoms with E-state index in [9.17, 15) is 4.79 Å². The van der Waals surface area contributed by atoms with Gasteiger partial charge >= 0.3 is 0 Å². The molecule has 0 spiro atoms. The summed E-state index contributed by atoms with van der Waals surface area (Å²) in [5.74, 6) is -0.0150. The molecule has 16 heavy (non-hydrogen) atoms. The number of carbonyl (C=O) groups is 1. The molecular formula is C11H17ClN2OS. The number of benzene rings is 1. The fourth-order valence-corrected chi connectivity index (χ4v) is 1.96. The summed E-state index contributed by atoms with van der Waals surface area (Å²) < 4.78 is 0. The van der Waals surface area contributed by atoms with E-state index in [1.807, 2.05) is 31.4 Å². The van der Waals surface area contributed by atoms with Crippen molar-refractivity contribution in [1.29, 1.82) is 0 Å². The van der Waals surface area contributed by atoms with Crippen molar-refractivity contribution in [3.8, 4) is 0 Å². The molecule has 0 bridgehead atoms. The molecule has 0 aliphatic rings. The Morgan fingerprint density at radius 1 is 1.44 bits per heavy atom. The Balaban J connectivity index is 0.00000225. The Bertz CT molecular complexity index is 358. The van der Waals surface area contributed by atoms with Gasteiger partial charge in [0.1, 0.15) is 0 Å². The molecular weight excluding hydrogens is 244 g/mol. The minimum atomic E-state index is -0.0150. The van der Waals surface area contributed by atoms with Gasteiger partial charge in [0.2, 0.25) is 5.91 Å². The highest BCUT2D eigenvalue weighted by Crippen LogP contribution is 2.25. The Hall–Kier alpha value is -0.710. The second-order valence-electron chi connectivity index (χ2n) is 3.21. The molecule has 0 saturated carbocycles. The molecule has 0 fully saturated rings. The van der Waals surface area contributed by atoms with Crippen LogP contribution in [0.2, 0.25) is 0 Å². The maximum Gasteiger partial charge on any atom is 0.238 e. The monoisotopic (exact) mass is 260 g/mol. The van der Waals surface area contributed by atoms with Gasteiger partial charge in [-0.3, -0.25) is 4.79 Å². The van der Waals surface area contributed by atoms with Gasteiger partial charge in [0, 0.05) is 10.6 Å². The van der Waals surface area contributed by atoms with E-state index in [2.05, 4.69) is 10.6 Å². The highest BCUT2D eigenvalue weighted by molar-refractivity contribution is 7.98. The standard InChI is InChI=1S/C11H16N2OS.ClH/c1-8-9(13-11(14)7-12-2)5-4-6-10(8)15-3;/h4-6,12H,7H2,1-3H3,(H,13,14);1H. The van der Waals surface area contributed by atoms with Gasteiger partial charge in [0.25, 0.3) is 0 Å². The third kappa shape index (κ3) is 4.04. The first kappa shape index (κ1) is 15.3. The van der Waals surface area contributed by atoms with Crippen molar-refractivity contribution in [3.05, 3.63) is 23.8 Å². The Labute approximate surface area is 107 Å². The van der Waals surface area contributed by atoms with Crippen LogP contribution in [0, 0.1) is 6.92 Å². The molecule has 0 aliphatic heterocycles. The smallest absolute Gasteiger partial charge is 0.238 e. The summed E-state index contributed by atoms with van der Waals surface area (Å²) in [5, 5.41) is 5.69. The second-order valence-corrected chi connectivity index (χ2v) is 4.06. The third-order valence-corrected chi connectivity index (χ3v) is 3.00. The molecule has 2 N–H and O–H groups in total. The van der Waals surface area contributed by atoms with Crippen molar-refractivity contribution in [1.82, 2.24) is 5.32 Å². The van der Waals surface area contributed by atoms with E-state index < -0.39 is 0 Å². The Kier molecular flexibility index (Phi) is 7.21. The zero-order chi connectivity index (χ0) is 11.3. The first-order valence-corrected chi connectivity index (χ1v) is 5.99. The topological polar surface area (TPSA) is 41.1 Å². The maximum absolute atomic E-state index is 11.4. The molecule has 0 aliphatic carbocycles. The minimum Gasteiger partial charge on any atom is -0.325 e. The van der Waals surface area contributed by atoms with Crippen molar-refractivity contribution in [2.45, 2.75) is 11.8 Å². The van der Waals surface area contributed by atoms with E-state index in [1.54, 1.807) is 18.8 Å². The molecule has 0 unspecified atom stereocenters. The zero-order valence-electron chi connectivity index (χ0n) is 9.66. The van der Waals surface area contributed by atoms with Gasteiger partial charge in [-0.2, -0.15) is 0 Å². The van der Waals surface area contributed by atoms with Crippen LogP contribution in [0.15, 0.2) is 23.1 Å². The molecule has 0 heterocycles. The number of hydrogen-bond acceptors (Lipinski definition) is 3. The minimum absolute atomic E-state index is 0. The Morgan fingerprint density at radius 2 is 2.12 bits per heavy atom. The molecule has 90 valence electrons. The lowest BCUT2D eigenvalue weighted by Gasteiger charge is -2.10. The van der Waals surface area contributed by atoms with Gasteiger partial charge in [-0.15, -0.1) is 24.2 Å². The first-order valence-electron chi connectivity index (χ1n) is 4.77. The lowest BCUT2D eigenvalue weighted by molar-refractivity contribution is -0.115. The molecule has 0 saturated heterocycles. The van der Waals surface area contributed by atoms with Gasteiger partial charge in [0.05, 0.1) is 6.54 Å². The van der Waals surface area contributed by atoms with E-state index in [0.717, 1.165) is 11.3 Å². The number of carbonyl (C=O) groups excluding carboxylic acids is 1. The summed E-state index contributed by atoms with van der Waals surface area (Å²) in [6.07, 6.45) is 2.03. The number of halogens is 1. The van der Waals surface area contributed by atoms with Gasteiger partial charge in [-0.25, -0.2) is 0 Å². The fourth-order valence-electron chi connectivity index (χ4n) is 1.33. The van der Waals surface area contributed by atoms with Crippen LogP contribution in [-0.4, -0.2) is 25.8 Å². The third-order valence-electron chi connectivity index (χ3n) is 2.12. The summed E-state index contributed by atoms with van der Waals surface area (Å²) in [6, 6.07) is 5.92. The molecule has 1 aromatic carbocycles. The zero-order valence-corrected chi connectivity index (χ0v) is 11.3. The fraction of sp³-hybridized carbons (Fsp3) is 0.364. The van der Waals surface area contributed by atoms with Crippen LogP contribution < -0.4 is 10.6 Å². The molecule has 1 aromatic rings. The van der Waals surface area contributed by atoms with E-state index in [0.29, 0.717) is 6.54 Å². The average molecular weight is 261 g/mol. The summed E-state index contributed by atoms with van der Waals surface area (Å²) in [7, 11) is 1.75. The quantitative estimate of drug-likeness (QED) is 0.817. The summed E-state index contributed by atoms with van der Waals surface area (Å²) >= 11 is 1.68. The van der Waals surface area contributed by atoms with Crippen molar-refractivity contribution in [3.63, 3.8) is 0 Å². The molecule has 5 heteroatoms. The van der Waals surface area contributed by atoms with Crippen LogP contribution in [0.25, 0.3) is 0 Å². The van der Waals surface area contributed by atoms with E-state index >= 15 is 0 Å². The number of amides is 1. The predicted molar refractivity (Wildman–Crippen MR) is 72.8 cm³/mol. The molecule has 1 rings (SSSR count). The normalized spacial score (nSPS) is 9.44. The molecule has 0 atom stereocenters. The van der Waals surface area contributed by atoms with Crippen molar-refractivity contribution < 1.29 is 4.79 Å². The highest BCUT2D eigenvalue weighted by Gasteiger charge is 2.05. The number of rotatable bonds is 4. The number of anilines is 1. The van der Waals surface area contributed by atoms with Gasteiger partial charge < -0.3 is 10.6 Å². The highest BCUT2D eigenvalue weighted by atomic mass is 35.5. The lowest BCUT2D eigenvalue weighted by Crippen LogP contribution is -2.25. The first-order chi connectivity index (χ1) is 7.19. The van der Waals surface area contributed by atoms with Crippen molar-refractivity contribution in [2.75, 3.05) is 25.2 Å². The lowest BCUT2D eigenvalue weighted by atomic mass is 10.2. The summed E-state index contributed by atoms with van der Waals surface area (Å²) in [5.41, 5.74) is 2.01. The van der Waals surface area contributed by atoms with Crippen LogP contribution in [0.3, 0.4) is 0 Å².